The summed E-state index contributed by atoms with van der Waals surface area (Å²) < 4.78 is 1.91. The fourth-order valence-corrected chi connectivity index (χ4v) is 2.27. The van der Waals surface area contributed by atoms with Gasteiger partial charge in [0.1, 0.15) is 5.69 Å². The number of allylic oxidation sites excluding steroid dienone is 2. The third-order valence-corrected chi connectivity index (χ3v) is 3.63. The predicted molar refractivity (Wildman–Crippen MR) is 73.3 cm³/mol. The Morgan fingerprint density at radius 2 is 2.11 bits per heavy atom. The van der Waals surface area contributed by atoms with Gasteiger partial charge in [0.25, 0.3) is 5.54 Å². The summed E-state index contributed by atoms with van der Waals surface area (Å²) in [6.07, 6.45) is 10.5. The van der Waals surface area contributed by atoms with Crippen LogP contribution >= 0.6 is 0 Å². The molecule has 1 heterocycles. The summed E-state index contributed by atoms with van der Waals surface area (Å²) in [5, 5.41) is 11.6. The highest BCUT2D eigenvalue weighted by Crippen LogP contribution is 2.37. The van der Waals surface area contributed by atoms with Crippen LogP contribution in [0.15, 0.2) is 36.8 Å². The Labute approximate surface area is 112 Å². The largest absolute Gasteiger partial charge is 0.332 e. The van der Waals surface area contributed by atoms with Crippen LogP contribution in [0.5, 0.6) is 0 Å². The van der Waals surface area contributed by atoms with E-state index in [2.05, 4.69) is 4.98 Å². The van der Waals surface area contributed by atoms with Gasteiger partial charge in [-0.2, -0.15) is 0 Å². The van der Waals surface area contributed by atoms with E-state index < -0.39 is 5.54 Å². The number of imidazole rings is 1. The quantitative estimate of drug-likeness (QED) is 0.607. The third kappa shape index (κ3) is 2.09. The molecular weight excluding hydrogens is 242 g/mol. The lowest BCUT2D eigenvalue weighted by Gasteiger charge is -2.27. The van der Waals surface area contributed by atoms with E-state index in [1.54, 1.807) is 24.7 Å². The normalized spacial score (nSPS) is 26.6. The lowest BCUT2D eigenvalue weighted by Crippen LogP contribution is -2.40. The Morgan fingerprint density at radius 3 is 2.58 bits per heavy atom. The first-order valence-corrected chi connectivity index (χ1v) is 6.34. The minimum atomic E-state index is -1.26. The van der Waals surface area contributed by atoms with Crippen LogP contribution in [-0.2, 0) is 11.1 Å². The summed E-state index contributed by atoms with van der Waals surface area (Å²) >= 11 is 0. The summed E-state index contributed by atoms with van der Waals surface area (Å²) in [7, 11) is 0. The molecule has 5 nitrogen and oxygen atoms in total. The van der Waals surface area contributed by atoms with E-state index in [1.807, 2.05) is 44.4 Å². The smallest absolute Gasteiger partial charge is 0.289 e. The minimum Gasteiger partial charge on any atom is -0.332 e. The van der Waals surface area contributed by atoms with Gasteiger partial charge in [-0.05, 0) is 26.8 Å². The van der Waals surface area contributed by atoms with Crippen LogP contribution in [0, 0.1) is 16.0 Å². The van der Waals surface area contributed by atoms with Crippen molar-refractivity contribution in [2.24, 2.45) is 5.92 Å². The average molecular weight is 261 g/mol. The maximum absolute atomic E-state index is 11.6. The van der Waals surface area contributed by atoms with Gasteiger partial charge in [0.15, 0.2) is 0 Å². The van der Waals surface area contributed by atoms with E-state index in [-0.39, 0.29) is 16.4 Å². The molecule has 1 aromatic rings. The van der Waals surface area contributed by atoms with Crippen molar-refractivity contribution in [3.63, 3.8) is 0 Å². The highest BCUT2D eigenvalue weighted by molar-refractivity contribution is 5.28. The van der Waals surface area contributed by atoms with E-state index in [9.17, 15) is 10.1 Å². The number of hydrogen-bond donors (Lipinski definition) is 0. The lowest BCUT2D eigenvalue weighted by molar-refractivity contribution is -0.572. The van der Waals surface area contributed by atoms with Gasteiger partial charge in [-0.3, -0.25) is 10.1 Å². The maximum Gasteiger partial charge on any atom is 0.289 e. The van der Waals surface area contributed by atoms with E-state index in [0.717, 1.165) is 0 Å². The molecule has 0 bridgehead atoms. The molecule has 0 fully saturated rings. The number of rotatable bonds is 2. The molecule has 0 radical (unpaired) electrons. The Morgan fingerprint density at radius 1 is 1.42 bits per heavy atom. The SMILES string of the molecule is CC1C=CC=CC1(c1cn(C(C)(C)C)cn1)[N+](=O)[O-]. The van der Waals surface area contributed by atoms with Crippen molar-refractivity contribution < 1.29 is 4.92 Å². The number of hydrogen-bond acceptors (Lipinski definition) is 3. The van der Waals surface area contributed by atoms with Gasteiger partial charge >= 0.3 is 0 Å². The second kappa shape index (κ2) is 4.33. The van der Waals surface area contributed by atoms with E-state index in [4.69, 9.17) is 0 Å². The summed E-state index contributed by atoms with van der Waals surface area (Å²) in [6, 6.07) is 0. The molecule has 0 spiro atoms. The minimum absolute atomic E-state index is 0.138. The summed E-state index contributed by atoms with van der Waals surface area (Å²) in [5.41, 5.74) is -0.910. The van der Waals surface area contributed by atoms with Crippen LogP contribution in [0.4, 0.5) is 0 Å². The van der Waals surface area contributed by atoms with Crippen LogP contribution in [0.3, 0.4) is 0 Å². The fourth-order valence-electron chi connectivity index (χ4n) is 2.27. The summed E-state index contributed by atoms with van der Waals surface area (Å²) in [5.74, 6) is -0.226. The second-order valence-electron chi connectivity index (χ2n) is 5.95. The van der Waals surface area contributed by atoms with Gasteiger partial charge in [-0.25, -0.2) is 4.98 Å². The molecule has 1 aliphatic carbocycles. The summed E-state index contributed by atoms with van der Waals surface area (Å²) in [4.78, 5) is 15.7. The molecule has 0 saturated heterocycles. The standard InChI is InChI=1S/C14H19N3O2/c1-11-7-5-6-8-14(11,17(18)19)12-9-16(10-15-12)13(2,3)4/h5-11H,1-4H3. The van der Waals surface area contributed by atoms with E-state index >= 15 is 0 Å². The molecule has 102 valence electrons. The molecule has 0 aliphatic heterocycles. The topological polar surface area (TPSA) is 61.0 Å². The van der Waals surface area contributed by atoms with Gasteiger partial charge in [0.05, 0.1) is 12.2 Å². The number of nitrogens with zero attached hydrogens (tertiary/aromatic N) is 3. The van der Waals surface area contributed by atoms with E-state index in [0.29, 0.717) is 5.69 Å². The molecule has 0 amide bonds. The van der Waals surface area contributed by atoms with Crippen molar-refractivity contribution in [3.8, 4) is 0 Å². The predicted octanol–water partition coefficient (Wildman–Crippen LogP) is 2.87. The third-order valence-electron chi connectivity index (χ3n) is 3.63. The van der Waals surface area contributed by atoms with Crippen molar-refractivity contribution in [1.82, 2.24) is 9.55 Å². The maximum atomic E-state index is 11.6. The van der Waals surface area contributed by atoms with Crippen molar-refractivity contribution in [3.05, 3.63) is 52.6 Å². The zero-order valence-electron chi connectivity index (χ0n) is 11.7. The van der Waals surface area contributed by atoms with Gasteiger partial charge in [0, 0.05) is 16.7 Å². The van der Waals surface area contributed by atoms with Gasteiger partial charge < -0.3 is 4.57 Å². The van der Waals surface area contributed by atoms with Gasteiger partial charge in [0.2, 0.25) is 0 Å². The Bertz CT molecular complexity index is 551. The Kier molecular flexibility index (Phi) is 3.08. The van der Waals surface area contributed by atoms with Crippen LogP contribution < -0.4 is 0 Å². The Hall–Kier alpha value is -1.91. The molecule has 2 rings (SSSR count). The first kappa shape index (κ1) is 13.5. The highest BCUT2D eigenvalue weighted by Gasteiger charge is 2.49. The van der Waals surface area contributed by atoms with Crippen molar-refractivity contribution in [2.45, 2.75) is 38.8 Å². The Balaban J connectivity index is 2.53. The number of nitro groups is 1. The lowest BCUT2D eigenvalue weighted by atomic mass is 9.80. The molecule has 0 aromatic carbocycles. The highest BCUT2D eigenvalue weighted by atomic mass is 16.6. The summed E-state index contributed by atoms with van der Waals surface area (Å²) in [6.45, 7) is 7.96. The fraction of sp³-hybridized carbons (Fsp3) is 0.500. The first-order valence-electron chi connectivity index (χ1n) is 6.34. The molecule has 2 unspecified atom stereocenters. The van der Waals surface area contributed by atoms with Crippen molar-refractivity contribution in [1.29, 1.82) is 0 Å². The zero-order chi connectivity index (χ0) is 14.3. The molecule has 0 saturated carbocycles. The van der Waals surface area contributed by atoms with Gasteiger partial charge in [-0.1, -0.05) is 25.2 Å². The number of aromatic nitrogens is 2. The molecular formula is C14H19N3O2. The molecule has 1 aromatic heterocycles. The van der Waals surface area contributed by atoms with Crippen LogP contribution in [0.1, 0.15) is 33.4 Å². The van der Waals surface area contributed by atoms with Crippen LogP contribution in [0.2, 0.25) is 0 Å². The first-order chi connectivity index (χ1) is 8.78. The van der Waals surface area contributed by atoms with Gasteiger partial charge in [-0.15, -0.1) is 0 Å². The average Bonchev–Trinajstić information content (AvgIpc) is 2.78. The van der Waals surface area contributed by atoms with Crippen LogP contribution in [0.25, 0.3) is 0 Å². The second-order valence-corrected chi connectivity index (χ2v) is 5.95. The van der Waals surface area contributed by atoms with E-state index in [1.165, 1.54) is 0 Å². The zero-order valence-corrected chi connectivity index (χ0v) is 11.7. The van der Waals surface area contributed by atoms with Crippen LogP contribution in [-0.4, -0.2) is 14.5 Å². The molecule has 0 N–H and O–H groups in total. The molecule has 5 heteroatoms. The molecule has 19 heavy (non-hydrogen) atoms. The monoisotopic (exact) mass is 261 g/mol. The molecule has 2 atom stereocenters. The van der Waals surface area contributed by atoms with Crippen molar-refractivity contribution >= 4 is 0 Å². The van der Waals surface area contributed by atoms with Crippen molar-refractivity contribution in [2.75, 3.05) is 0 Å². The molecule has 1 aliphatic rings.